The third-order valence-corrected chi connectivity index (χ3v) is 4.22. The van der Waals surface area contributed by atoms with Gasteiger partial charge in [-0.3, -0.25) is 9.89 Å². The van der Waals surface area contributed by atoms with Gasteiger partial charge in [-0.25, -0.2) is 9.37 Å². The summed E-state index contributed by atoms with van der Waals surface area (Å²) in [4.78, 5) is 16.4. The number of aromatic amines is 1. The molecule has 6 nitrogen and oxygen atoms in total. The van der Waals surface area contributed by atoms with Crippen LogP contribution in [0.15, 0.2) is 46.9 Å². The van der Waals surface area contributed by atoms with Crippen molar-refractivity contribution < 1.29 is 13.9 Å². The lowest BCUT2D eigenvalue weighted by Crippen LogP contribution is -2.25. The molecule has 0 saturated heterocycles. The average Bonchev–Trinajstić information content (AvgIpc) is 3.11. The average molecular weight is 419 g/mol. The second-order valence-electron chi connectivity index (χ2n) is 5.47. The zero-order valence-electron chi connectivity index (χ0n) is 13.9. The molecule has 0 bridgehead atoms. The van der Waals surface area contributed by atoms with Gasteiger partial charge < -0.3 is 10.1 Å². The first kappa shape index (κ1) is 18.1. The molecule has 0 aliphatic heterocycles. The fourth-order valence-electron chi connectivity index (χ4n) is 2.34. The summed E-state index contributed by atoms with van der Waals surface area (Å²) in [6.07, 6.45) is 0.480. The number of hydrogen-bond donors (Lipinski definition) is 2. The van der Waals surface area contributed by atoms with Gasteiger partial charge in [0.05, 0.1) is 7.11 Å². The van der Waals surface area contributed by atoms with Crippen LogP contribution in [-0.4, -0.2) is 34.7 Å². The highest BCUT2D eigenvalue weighted by Gasteiger charge is 2.10. The molecular weight excluding hydrogens is 403 g/mol. The Balaban J connectivity index is 1.58. The molecule has 2 N–H and O–H groups in total. The van der Waals surface area contributed by atoms with Gasteiger partial charge in [-0.1, -0.05) is 15.9 Å². The number of carbonyl (C=O) groups is 1. The van der Waals surface area contributed by atoms with Crippen LogP contribution in [0.25, 0.3) is 11.4 Å². The Labute approximate surface area is 157 Å². The maximum absolute atomic E-state index is 13.8. The van der Waals surface area contributed by atoms with Crippen LogP contribution in [0.4, 0.5) is 4.39 Å². The minimum absolute atomic E-state index is 0.158. The highest BCUT2D eigenvalue weighted by Crippen LogP contribution is 2.23. The molecular formula is C18H16BrFN4O2. The summed E-state index contributed by atoms with van der Waals surface area (Å²) in [7, 11) is 1.41. The van der Waals surface area contributed by atoms with Gasteiger partial charge in [0.2, 0.25) is 0 Å². The first-order valence-electron chi connectivity index (χ1n) is 7.86. The molecule has 3 aromatic rings. The smallest absolute Gasteiger partial charge is 0.251 e. The van der Waals surface area contributed by atoms with Crippen molar-refractivity contribution in [3.8, 4) is 17.1 Å². The van der Waals surface area contributed by atoms with Crippen LogP contribution in [0.3, 0.4) is 0 Å². The monoisotopic (exact) mass is 418 g/mol. The Kier molecular flexibility index (Phi) is 5.62. The van der Waals surface area contributed by atoms with Crippen LogP contribution in [0.5, 0.6) is 5.75 Å². The third-order valence-electron chi connectivity index (χ3n) is 3.70. The standard InChI is InChI=1S/C18H16BrFN4O2/c1-26-15-7-4-12(10-14(15)20)17-22-16(23-24-17)8-9-21-18(25)11-2-5-13(19)6-3-11/h2-7,10H,8-9H2,1H3,(H,21,25)(H,22,23,24). The fraction of sp³-hybridized carbons (Fsp3) is 0.167. The second kappa shape index (κ2) is 8.09. The van der Waals surface area contributed by atoms with E-state index in [1.807, 2.05) is 12.1 Å². The maximum atomic E-state index is 13.8. The van der Waals surface area contributed by atoms with Gasteiger partial charge in [0.15, 0.2) is 17.4 Å². The van der Waals surface area contributed by atoms with Gasteiger partial charge >= 0.3 is 0 Å². The number of aromatic nitrogens is 3. The van der Waals surface area contributed by atoms with Crippen molar-refractivity contribution in [2.45, 2.75) is 6.42 Å². The van der Waals surface area contributed by atoms with Crippen molar-refractivity contribution in [1.82, 2.24) is 20.5 Å². The molecule has 26 heavy (non-hydrogen) atoms. The van der Waals surface area contributed by atoms with E-state index < -0.39 is 5.82 Å². The van der Waals surface area contributed by atoms with Crippen molar-refractivity contribution in [2.75, 3.05) is 13.7 Å². The molecule has 3 rings (SSSR count). The van der Waals surface area contributed by atoms with Crippen LogP contribution in [0.2, 0.25) is 0 Å². The van der Waals surface area contributed by atoms with Gasteiger partial charge in [0.1, 0.15) is 5.82 Å². The number of benzene rings is 2. The fourth-order valence-corrected chi connectivity index (χ4v) is 2.60. The van der Waals surface area contributed by atoms with Crippen molar-refractivity contribution in [1.29, 1.82) is 0 Å². The minimum atomic E-state index is -0.474. The molecule has 0 spiro atoms. The van der Waals surface area contributed by atoms with Crippen molar-refractivity contribution in [3.63, 3.8) is 0 Å². The SMILES string of the molecule is COc1ccc(-c2n[nH]c(CCNC(=O)c3ccc(Br)cc3)n2)cc1F. The maximum Gasteiger partial charge on any atom is 0.251 e. The molecule has 0 unspecified atom stereocenters. The number of halogens is 2. The van der Waals surface area contributed by atoms with E-state index in [4.69, 9.17) is 4.74 Å². The minimum Gasteiger partial charge on any atom is -0.494 e. The Morgan fingerprint density at radius 3 is 2.73 bits per heavy atom. The second-order valence-corrected chi connectivity index (χ2v) is 6.38. The third kappa shape index (κ3) is 4.26. The van der Waals surface area contributed by atoms with Crippen LogP contribution < -0.4 is 10.1 Å². The van der Waals surface area contributed by atoms with Crippen molar-refractivity contribution in [2.24, 2.45) is 0 Å². The first-order chi connectivity index (χ1) is 12.6. The molecule has 1 heterocycles. The summed E-state index contributed by atoms with van der Waals surface area (Å²) >= 11 is 3.33. The van der Waals surface area contributed by atoms with Crippen LogP contribution in [-0.2, 0) is 6.42 Å². The van der Waals surface area contributed by atoms with Crippen LogP contribution in [0, 0.1) is 5.82 Å². The molecule has 8 heteroatoms. The number of rotatable bonds is 6. The lowest BCUT2D eigenvalue weighted by Gasteiger charge is -2.04. The number of methoxy groups -OCH3 is 1. The van der Waals surface area contributed by atoms with Gasteiger partial charge in [0, 0.05) is 28.6 Å². The quantitative estimate of drug-likeness (QED) is 0.642. The van der Waals surface area contributed by atoms with E-state index in [-0.39, 0.29) is 11.7 Å². The number of ether oxygens (including phenoxy) is 1. The van der Waals surface area contributed by atoms with Crippen LogP contribution in [0.1, 0.15) is 16.2 Å². The number of H-pyrrole nitrogens is 1. The Morgan fingerprint density at radius 1 is 1.27 bits per heavy atom. The molecule has 0 fully saturated rings. The zero-order valence-corrected chi connectivity index (χ0v) is 15.5. The van der Waals surface area contributed by atoms with Crippen molar-refractivity contribution >= 4 is 21.8 Å². The van der Waals surface area contributed by atoms with E-state index in [1.54, 1.807) is 18.2 Å². The van der Waals surface area contributed by atoms with E-state index in [9.17, 15) is 9.18 Å². The molecule has 0 saturated carbocycles. The summed E-state index contributed by atoms with van der Waals surface area (Å²) in [5.41, 5.74) is 1.13. The summed E-state index contributed by atoms with van der Waals surface area (Å²) < 4.78 is 19.6. The Hall–Kier alpha value is -2.74. The summed E-state index contributed by atoms with van der Waals surface area (Å²) in [5, 5.41) is 9.71. The lowest BCUT2D eigenvalue weighted by molar-refractivity contribution is 0.0954. The number of amides is 1. The highest BCUT2D eigenvalue weighted by atomic mass is 79.9. The van der Waals surface area contributed by atoms with E-state index in [2.05, 4.69) is 36.4 Å². The number of nitrogens with one attached hydrogen (secondary N) is 2. The molecule has 0 atom stereocenters. The topological polar surface area (TPSA) is 79.9 Å². The molecule has 2 aromatic carbocycles. The number of carbonyl (C=O) groups excluding carboxylic acids is 1. The molecule has 1 aromatic heterocycles. The lowest BCUT2D eigenvalue weighted by atomic mass is 10.2. The highest BCUT2D eigenvalue weighted by molar-refractivity contribution is 9.10. The molecule has 0 aliphatic rings. The molecule has 134 valence electrons. The van der Waals surface area contributed by atoms with E-state index in [0.29, 0.717) is 35.7 Å². The first-order valence-corrected chi connectivity index (χ1v) is 8.65. The van der Waals surface area contributed by atoms with Crippen LogP contribution >= 0.6 is 15.9 Å². The van der Waals surface area contributed by atoms with Gasteiger partial charge in [-0.2, -0.15) is 5.10 Å². The molecule has 0 aliphatic carbocycles. The van der Waals surface area contributed by atoms with Crippen molar-refractivity contribution in [3.05, 3.63) is 64.1 Å². The summed E-state index contributed by atoms with van der Waals surface area (Å²) in [5.74, 6) is 0.529. The summed E-state index contributed by atoms with van der Waals surface area (Å²) in [6.45, 7) is 0.403. The van der Waals surface area contributed by atoms with E-state index in [0.717, 1.165) is 4.47 Å². The van der Waals surface area contributed by atoms with Gasteiger partial charge in [-0.15, -0.1) is 0 Å². The summed E-state index contributed by atoms with van der Waals surface area (Å²) in [6, 6.07) is 11.6. The predicted molar refractivity (Wildman–Crippen MR) is 98.5 cm³/mol. The zero-order chi connectivity index (χ0) is 18.5. The van der Waals surface area contributed by atoms with Gasteiger partial charge in [-0.05, 0) is 42.5 Å². The largest absolute Gasteiger partial charge is 0.494 e. The number of nitrogens with zero attached hydrogens (tertiary/aromatic N) is 2. The normalized spacial score (nSPS) is 10.6. The Bertz CT molecular complexity index is 912. The predicted octanol–water partition coefficient (Wildman–Crippen LogP) is 3.35. The van der Waals surface area contributed by atoms with E-state index in [1.165, 1.54) is 19.2 Å². The van der Waals surface area contributed by atoms with Gasteiger partial charge in [0.25, 0.3) is 5.91 Å². The molecule has 0 radical (unpaired) electrons. The van der Waals surface area contributed by atoms with E-state index >= 15 is 0 Å². The number of hydrogen-bond acceptors (Lipinski definition) is 4. The molecule has 1 amide bonds. The Morgan fingerprint density at radius 2 is 2.04 bits per heavy atom.